The second-order valence-electron chi connectivity index (χ2n) is 4.62. The fraction of sp³-hybridized carbons (Fsp3) is 0.500. The topological polar surface area (TPSA) is 35.2 Å². The zero-order valence-corrected chi connectivity index (χ0v) is 9.37. The first-order valence-electron chi connectivity index (χ1n) is 4.84. The molecule has 0 saturated heterocycles. The molecule has 0 aliphatic carbocycles. The van der Waals surface area contributed by atoms with Gasteiger partial charge < -0.3 is 10.5 Å². The van der Waals surface area contributed by atoms with E-state index in [1.54, 1.807) is 7.11 Å². The summed E-state index contributed by atoms with van der Waals surface area (Å²) < 4.78 is 5.09. The molecular weight excluding hydrogens is 174 g/mol. The van der Waals surface area contributed by atoms with Crippen LogP contribution in [0.3, 0.4) is 0 Å². The van der Waals surface area contributed by atoms with Crippen LogP contribution in [0.2, 0.25) is 0 Å². The van der Waals surface area contributed by atoms with Crippen molar-refractivity contribution in [1.82, 2.24) is 0 Å². The first-order chi connectivity index (χ1) is 6.45. The molecule has 1 aromatic rings. The van der Waals surface area contributed by atoms with E-state index in [4.69, 9.17) is 10.5 Å². The van der Waals surface area contributed by atoms with Crippen LogP contribution in [-0.2, 0) is 0 Å². The molecule has 14 heavy (non-hydrogen) atoms. The van der Waals surface area contributed by atoms with Crippen molar-refractivity contribution in [2.24, 2.45) is 11.1 Å². The second kappa shape index (κ2) is 4.01. The fourth-order valence-electron chi connectivity index (χ4n) is 1.31. The maximum absolute atomic E-state index is 6.12. The van der Waals surface area contributed by atoms with E-state index in [9.17, 15) is 0 Å². The molecule has 78 valence electrons. The number of rotatable bonds is 2. The van der Waals surface area contributed by atoms with Gasteiger partial charge in [-0.3, -0.25) is 0 Å². The summed E-state index contributed by atoms with van der Waals surface area (Å²) in [6, 6.07) is 8.00. The molecule has 0 amide bonds. The van der Waals surface area contributed by atoms with Crippen LogP contribution in [0.4, 0.5) is 0 Å². The third-order valence-corrected chi connectivity index (χ3v) is 2.41. The third kappa shape index (κ3) is 2.48. The van der Waals surface area contributed by atoms with E-state index in [0.717, 1.165) is 11.3 Å². The Morgan fingerprint density at radius 3 is 2.00 bits per heavy atom. The minimum atomic E-state index is 0.0633. The lowest BCUT2D eigenvalue weighted by atomic mass is 9.83. The second-order valence-corrected chi connectivity index (χ2v) is 4.62. The number of hydrogen-bond acceptors (Lipinski definition) is 2. The Bertz CT molecular complexity index is 284. The smallest absolute Gasteiger partial charge is 0.118 e. The number of hydrogen-bond donors (Lipinski definition) is 1. The Morgan fingerprint density at radius 2 is 1.64 bits per heavy atom. The van der Waals surface area contributed by atoms with Crippen molar-refractivity contribution in [3.8, 4) is 5.75 Å². The molecule has 0 bridgehead atoms. The van der Waals surface area contributed by atoms with Crippen molar-refractivity contribution in [2.45, 2.75) is 26.8 Å². The summed E-state index contributed by atoms with van der Waals surface area (Å²) in [6.07, 6.45) is 0. The summed E-state index contributed by atoms with van der Waals surface area (Å²) in [6.45, 7) is 6.42. The highest BCUT2D eigenvalue weighted by Gasteiger charge is 2.21. The van der Waals surface area contributed by atoms with Crippen molar-refractivity contribution in [2.75, 3.05) is 7.11 Å². The van der Waals surface area contributed by atoms with Gasteiger partial charge in [0.05, 0.1) is 7.11 Å². The van der Waals surface area contributed by atoms with Gasteiger partial charge in [-0.1, -0.05) is 32.9 Å². The summed E-state index contributed by atoms with van der Waals surface area (Å²) in [5, 5.41) is 0. The minimum Gasteiger partial charge on any atom is -0.497 e. The lowest BCUT2D eigenvalue weighted by molar-refractivity contribution is 0.326. The first-order valence-corrected chi connectivity index (χ1v) is 4.84. The molecule has 0 spiro atoms. The van der Waals surface area contributed by atoms with Crippen molar-refractivity contribution in [1.29, 1.82) is 0 Å². The summed E-state index contributed by atoms with van der Waals surface area (Å²) in [4.78, 5) is 0. The van der Waals surface area contributed by atoms with E-state index >= 15 is 0 Å². The zero-order valence-electron chi connectivity index (χ0n) is 9.37. The maximum Gasteiger partial charge on any atom is 0.118 e. The Labute approximate surface area is 86.1 Å². The predicted octanol–water partition coefficient (Wildman–Crippen LogP) is 2.74. The highest BCUT2D eigenvalue weighted by atomic mass is 16.5. The Kier molecular flexibility index (Phi) is 3.17. The minimum absolute atomic E-state index is 0.0633. The highest BCUT2D eigenvalue weighted by Crippen LogP contribution is 2.30. The van der Waals surface area contributed by atoms with E-state index < -0.39 is 0 Å². The summed E-state index contributed by atoms with van der Waals surface area (Å²) in [5.74, 6) is 0.870. The zero-order chi connectivity index (χ0) is 10.8. The van der Waals surface area contributed by atoms with Gasteiger partial charge in [0, 0.05) is 6.04 Å². The van der Waals surface area contributed by atoms with Gasteiger partial charge in [0.25, 0.3) is 0 Å². The molecule has 0 saturated carbocycles. The molecule has 0 fully saturated rings. The van der Waals surface area contributed by atoms with Crippen LogP contribution in [0.15, 0.2) is 24.3 Å². The number of ether oxygens (including phenoxy) is 1. The Hall–Kier alpha value is -1.02. The molecule has 0 unspecified atom stereocenters. The predicted molar refractivity (Wildman–Crippen MR) is 59.4 cm³/mol. The van der Waals surface area contributed by atoms with Crippen LogP contribution in [-0.4, -0.2) is 7.11 Å². The molecule has 1 atom stereocenters. The van der Waals surface area contributed by atoms with E-state index in [2.05, 4.69) is 20.8 Å². The van der Waals surface area contributed by atoms with Gasteiger partial charge in [0.15, 0.2) is 0 Å². The van der Waals surface area contributed by atoms with Crippen LogP contribution in [0, 0.1) is 5.41 Å². The van der Waals surface area contributed by atoms with Gasteiger partial charge in [-0.05, 0) is 23.1 Å². The van der Waals surface area contributed by atoms with Crippen LogP contribution in [0.5, 0.6) is 5.75 Å². The first kappa shape index (κ1) is 11.1. The normalized spacial score (nSPS) is 13.8. The summed E-state index contributed by atoms with van der Waals surface area (Å²) in [5.41, 5.74) is 7.37. The van der Waals surface area contributed by atoms with Crippen molar-refractivity contribution < 1.29 is 4.74 Å². The molecule has 0 radical (unpaired) electrons. The van der Waals surface area contributed by atoms with Gasteiger partial charge in [0.1, 0.15) is 5.75 Å². The number of methoxy groups -OCH3 is 1. The molecule has 2 N–H and O–H groups in total. The van der Waals surface area contributed by atoms with Crippen LogP contribution in [0.25, 0.3) is 0 Å². The van der Waals surface area contributed by atoms with Crippen molar-refractivity contribution >= 4 is 0 Å². The SMILES string of the molecule is COc1ccc([C@H](N)C(C)(C)C)cc1. The average Bonchev–Trinajstić information content (AvgIpc) is 2.15. The lowest BCUT2D eigenvalue weighted by Crippen LogP contribution is -2.26. The molecule has 0 aliphatic rings. The summed E-state index contributed by atoms with van der Waals surface area (Å²) >= 11 is 0. The molecule has 0 aliphatic heterocycles. The Balaban J connectivity index is 2.87. The van der Waals surface area contributed by atoms with Gasteiger partial charge in [-0.25, -0.2) is 0 Å². The monoisotopic (exact) mass is 193 g/mol. The standard InChI is InChI=1S/C12H19NO/c1-12(2,3)11(13)9-5-7-10(14-4)8-6-9/h5-8,11H,13H2,1-4H3/t11-/m0/s1. The number of nitrogens with two attached hydrogens (primary N) is 1. The van der Waals surface area contributed by atoms with Gasteiger partial charge in [-0.2, -0.15) is 0 Å². The maximum atomic E-state index is 6.12. The van der Waals surface area contributed by atoms with Crippen molar-refractivity contribution in [3.63, 3.8) is 0 Å². The van der Waals surface area contributed by atoms with Crippen molar-refractivity contribution in [3.05, 3.63) is 29.8 Å². The molecule has 1 rings (SSSR count). The largest absolute Gasteiger partial charge is 0.497 e. The van der Waals surface area contributed by atoms with Gasteiger partial charge >= 0.3 is 0 Å². The van der Waals surface area contributed by atoms with Crippen LogP contribution in [0.1, 0.15) is 32.4 Å². The average molecular weight is 193 g/mol. The third-order valence-electron chi connectivity index (χ3n) is 2.41. The molecule has 0 aromatic heterocycles. The molecule has 0 heterocycles. The fourth-order valence-corrected chi connectivity index (χ4v) is 1.31. The summed E-state index contributed by atoms with van der Waals surface area (Å²) in [7, 11) is 1.67. The quantitative estimate of drug-likeness (QED) is 0.783. The molecular formula is C12H19NO. The Morgan fingerprint density at radius 1 is 1.14 bits per heavy atom. The molecule has 2 heteroatoms. The van der Waals surface area contributed by atoms with E-state index in [-0.39, 0.29) is 11.5 Å². The lowest BCUT2D eigenvalue weighted by Gasteiger charge is -2.27. The van der Waals surface area contributed by atoms with Crippen LogP contribution >= 0.6 is 0 Å². The van der Waals surface area contributed by atoms with E-state index in [0.29, 0.717) is 0 Å². The van der Waals surface area contributed by atoms with Gasteiger partial charge in [-0.15, -0.1) is 0 Å². The number of benzene rings is 1. The van der Waals surface area contributed by atoms with Gasteiger partial charge in [0.2, 0.25) is 0 Å². The van der Waals surface area contributed by atoms with E-state index in [1.807, 2.05) is 24.3 Å². The van der Waals surface area contributed by atoms with E-state index in [1.165, 1.54) is 0 Å². The molecule has 2 nitrogen and oxygen atoms in total. The molecule has 1 aromatic carbocycles. The van der Waals surface area contributed by atoms with Crippen LogP contribution < -0.4 is 10.5 Å². The highest BCUT2D eigenvalue weighted by molar-refractivity contribution is 5.29.